The molecular weight excluding hydrogens is 373 g/mol. The molecule has 0 radical (unpaired) electrons. The van der Waals surface area contributed by atoms with Gasteiger partial charge in [-0.25, -0.2) is 14.4 Å². The summed E-state index contributed by atoms with van der Waals surface area (Å²) in [5, 5.41) is 0.684. The summed E-state index contributed by atoms with van der Waals surface area (Å²) in [6.07, 6.45) is 7.29. The van der Waals surface area contributed by atoms with E-state index in [1.165, 1.54) is 30.3 Å². The number of amides is 1. The van der Waals surface area contributed by atoms with Crippen molar-refractivity contribution in [2.45, 2.75) is 45.1 Å². The summed E-state index contributed by atoms with van der Waals surface area (Å²) < 4.78 is 13.2. The van der Waals surface area contributed by atoms with Gasteiger partial charge >= 0.3 is 0 Å². The fraction of sp³-hybridized carbons (Fsp3) is 0.318. The first kappa shape index (κ1) is 18.9. The molecule has 1 aromatic carbocycles. The van der Waals surface area contributed by atoms with Crippen molar-refractivity contribution in [1.82, 2.24) is 9.88 Å². The zero-order valence-corrected chi connectivity index (χ0v) is 16.6. The molecule has 28 heavy (non-hydrogen) atoms. The molecule has 2 aromatic rings. The number of carbonyl (C=O) groups excluding carboxylic acids is 1. The van der Waals surface area contributed by atoms with Crippen LogP contribution in [0.1, 0.15) is 43.4 Å². The van der Waals surface area contributed by atoms with Crippen LogP contribution in [0.25, 0.3) is 6.08 Å². The maximum Gasteiger partial charge on any atom is 0.267 e. The van der Waals surface area contributed by atoms with Crippen LogP contribution in [-0.2, 0) is 4.79 Å². The number of aromatic nitrogens is 1. The number of benzene rings is 1. The molecule has 1 aromatic heterocycles. The molecule has 1 aliphatic carbocycles. The van der Waals surface area contributed by atoms with Crippen LogP contribution in [0, 0.1) is 12.7 Å². The van der Waals surface area contributed by atoms with E-state index in [9.17, 15) is 9.18 Å². The number of rotatable bonds is 3. The lowest BCUT2D eigenvalue weighted by Crippen LogP contribution is -2.40. The second kappa shape index (κ2) is 8.27. The maximum atomic E-state index is 13.2. The molecule has 0 unspecified atom stereocenters. The van der Waals surface area contributed by atoms with Crippen molar-refractivity contribution >= 4 is 34.7 Å². The first-order chi connectivity index (χ1) is 13.6. The van der Waals surface area contributed by atoms with Gasteiger partial charge in [-0.05, 0) is 67.4 Å². The number of thioether (sulfide) groups is 1. The van der Waals surface area contributed by atoms with Crippen LogP contribution in [0.2, 0.25) is 0 Å². The molecule has 2 aliphatic rings. The average Bonchev–Trinajstić information content (AvgIpc) is 2.99. The quantitative estimate of drug-likeness (QED) is 0.648. The van der Waals surface area contributed by atoms with Crippen LogP contribution in [0.4, 0.5) is 10.2 Å². The van der Waals surface area contributed by atoms with Gasteiger partial charge in [-0.15, -0.1) is 0 Å². The third kappa shape index (κ3) is 4.17. The lowest BCUT2D eigenvalue weighted by molar-refractivity contribution is -0.124. The Kier molecular flexibility index (Phi) is 5.57. The van der Waals surface area contributed by atoms with Gasteiger partial charge in [0, 0.05) is 11.7 Å². The summed E-state index contributed by atoms with van der Waals surface area (Å²) in [6, 6.07) is 12.0. The zero-order valence-electron chi connectivity index (χ0n) is 15.8. The van der Waals surface area contributed by atoms with Crippen molar-refractivity contribution in [3.63, 3.8) is 0 Å². The number of carbonyl (C=O) groups is 1. The summed E-state index contributed by atoms with van der Waals surface area (Å²) in [4.78, 5) is 24.8. The molecule has 2 fully saturated rings. The standard InChI is InChI=1S/C22H22FN3OS/c1-15-6-5-9-20(24-15)25-22-26(18-7-3-2-4-8-18)21(27)19(28-22)14-16-10-12-17(23)13-11-16/h5-6,9-14,18H,2-4,7-8H2,1H3/b19-14-,25-22+. The van der Waals surface area contributed by atoms with Crippen LogP contribution in [0.15, 0.2) is 52.4 Å². The van der Waals surface area contributed by atoms with Crippen molar-refractivity contribution in [2.75, 3.05) is 0 Å². The van der Waals surface area contributed by atoms with Crippen molar-refractivity contribution < 1.29 is 9.18 Å². The molecule has 1 saturated heterocycles. The molecule has 4 nitrogen and oxygen atoms in total. The molecule has 144 valence electrons. The van der Waals surface area contributed by atoms with Gasteiger partial charge in [0.15, 0.2) is 11.0 Å². The van der Waals surface area contributed by atoms with Crippen LogP contribution in [0.3, 0.4) is 0 Å². The monoisotopic (exact) mass is 395 g/mol. The fourth-order valence-electron chi connectivity index (χ4n) is 3.63. The third-order valence-corrected chi connectivity index (χ3v) is 6.01. The van der Waals surface area contributed by atoms with Crippen LogP contribution < -0.4 is 0 Å². The van der Waals surface area contributed by atoms with E-state index in [2.05, 4.69) is 4.98 Å². The average molecular weight is 396 g/mol. The highest BCUT2D eigenvalue weighted by atomic mass is 32.2. The van der Waals surface area contributed by atoms with Gasteiger partial charge in [-0.2, -0.15) is 0 Å². The zero-order chi connectivity index (χ0) is 19.5. The van der Waals surface area contributed by atoms with Crippen molar-refractivity contribution in [2.24, 2.45) is 4.99 Å². The van der Waals surface area contributed by atoms with E-state index in [1.54, 1.807) is 12.1 Å². The number of aryl methyl sites for hydroxylation is 1. The SMILES string of the molecule is Cc1cccc(/N=C2/S/C(=C\c3ccc(F)cc3)C(=O)N2C2CCCCC2)n1. The van der Waals surface area contributed by atoms with Gasteiger partial charge in [-0.1, -0.05) is 37.5 Å². The van der Waals surface area contributed by atoms with E-state index in [0.29, 0.717) is 15.9 Å². The highest BCUT2D eigenvalue weighted by Gasteiger charge is 2.38. The maximum absolute atomic E-state index is 13.2. The lowest BCUT2D eigenvalue weighted by Gasteiger charge is -2.30. The van der Waals surface area contributed by atoms with Crippen molar-refractivity contribution in [3.05, 3.63) is 64.4 Å². The first-order valence-electron chi connectivity index (χ1n) is 9.61. The number of hydrogen-bond acceptors (Lipinski definition) is 4. The molecule has 1 amide bonds. The van der Waals surface area contributed by atoms with Crippen LogP contribution in [-0.4, -0.2) is 27.0 Å². The van der Waals surface area contributed by atoms with E-state index in [-0.39, 0.29) is 17.8 Å². The Hall–Kier alpha value is -2.47. The minimum Gasteiger partial charge on any atom is -0.283 e. The second-order valence-electron chi connectivity index (χ2n) is 7.16. The van der Waals surface area contributed by atoms with Gasteiger partial charge in [0.05, 0.1) is 4.91 Å². The summed E-state index contributed by atoms with van der Waals surface area (Å²) in [5.41, 5.74) is 1.69. The summed E-state index contributed by atoms with van der Waals surface area (Å²) in [5.74, 6) is 0.302. The molecular formula is C22H22FN3OS. The second-order valence-corrected chi connectivity index (χ2v) is 8.17. The molecule has 0 atom stereocenters. The number of aliphatic imine (C=N–C) groups is 1. The smallest absolute Gasteiger partial charge is 0.267 e. The normalized spacial score (nSPS) is 21.1. The van der Waals surface area contributed by atoms with Gasteiger partial charge in [-0.3, -0.25) is 9.69 Å². The van der Waals surface area contributed by atoms with Crippen molar-refractivity contribution in [3.8, 4) is 0 Å². The number of nitrogens with zero attached hydrogens (tertiary/aromatic N) is 3. The van der Waals surface area contributed by atoms with Crippen LogP contribution in [0.5, 0.6) is 0 Å². The Balaban J connectivity index is 1.69. The Morgan fingerprint density at radius 1 is 1.14 bits per heavy atom. The van der Waals surface area contributed by atoms with Crippen molar-refractivity contribution in [1.29, 1.82) is 0 Å². The topological polar surface area (TPSA) is 45.6 Å². The van der Waals surface area contributed by atoms with E-state index >= 15 is 0 Å². The molecule has 0 N–H and O–H groups in total. The van der Waals surface area contributed by atoms with E-state index in [1.807, 2.05) is 36.1 Å². The largest absolute Gasteiger partial charge is 0.283 e. The van der Waals surface area contributed by atoms with Crippen LogP contribution >= 0.6 is 11.8 Å². The predicted octanol–water partition coefficient (Wildman–Crippen LogP) is 5.47. The number of amidine groups is 1. The minimum atomic E-state index is -0.288. The van der Waals surface area contributed by atoms with Gasteiger partial charge in [0.2, 0.25) is 0 Å². The highest BCUT2D eigenvalue weighted by Crippen LogP contribution is 2.38. The van der Waals surface area contributed by atoms with Gasteiger partial charge in [0.25, 0.3) is 5.91 Å². The third-order valence-electron chi connectivity index (χ3n) is 5.03. The molecule has 4 rings (SSSR count). The number of hydrogen-bond donors (Lipinski definition) is 0. The van der Waals surface area contributed by atoms with E-state index < -0.39 is 0 Å². The number of halogens is 1. The van der Waals surface area contributed by atoms with Gasteiger partial charge in [0.1, 0.15) is 5.82 Å². The Morgan fingerprint density at radius 2 is 1.89 bits per heavy atom. The lowest BCUT2D eigenvalue weighted by atomic mass is 9.94. The minimum absolute atomic E-state index is 0.0207. The summed E-state index contributed by atoms with van der Waals surface area (Å²) in [6.45, 7) is 1.93. The van der Waals surface area contributed by atoms with Gasteiger partial charge < -0.3 is 0 Å². The molecule has 0 spiro atoms. The molecule has 1 aliphatic heterocycles. The summed E-state index contributed by atoms with van der Waals surface area (Å²) >= 11 is 1.37. The predicted molar refractivity (Wildman–Crippen MR) is 112 cm³/mol. The molecule has 2 heterocycles. The first-order valence-corrected chi connectivity index (χ1v) is 10.4. The molecule has 0 bridgehead atoms. The highest BCUT2D eigenvalue weighted by molar-refractivity contribution is 8.18. The fourth-order valence-corrected chi connectivity index (χ4v) is 4.67. The molecule has 1 saturated carbocycles. The Labute approximate surface area is 168 Å². The van der Waals surface area contributed by atoms with E-state index in [4.69, 9.17) is 4.99 Å². The Bertz CT molecular complexity index is 933. The number of pyridine rings is 1. The van der Waals surface area contributed by atoms with E-state index in [0.717, 1.165) is 36.9 Å². The Morgan fingerprint density at radius 3 is 2.61 bits per heavy atom. The summed E-state index contributed by atoms with van der Waals surface area (Å²) in [7, 11) is 0. The molecule has 6 heteroatoms.